The van der Waals surface area contributed by atoms with Crippen molar-refractivity contribution in [3.63, 3.8) is 0 Å². The second-order valence-corrected chi connectivity index (χ2v) is 6.19. The van der Waals surface area contributed by atoms with Crippen molar-refractivity contribution in [3.05, 3.63) is 55.0 Å². The van der Waals surface area contributed by atoms with E-state index in [2.05, 4.69) is 18.3 Å². The molecule has 0 bridgehead atoms. The zero-order valence-electron chi connectivity index (χ0n) is 10.4. The zero-order valence-corrected chi connectivity index (χ0v) is 13.3. The number of halogens is 2. The summed E-state index contributed by atoms with van der Waals surface area (Å²) in [6, 6.07) is 6.26. The van der Waals surface area contributed by atoms with Crippen LogP contribution < -0.4 is 5.32 Å². The lowest BCUT2D eigenvalue weighted by Crippen LogP contribution is -2.23. The molecule has 19 heavy (non-hydrogen) atoms. The molecule has 2 aromatic rings. The van der Waals surface area contributed by atoms with E-state index in [1.54, 1.807) is 11.3 Å². The van der Waals surface area contributed by atoms with Crippen molar-refractivity contribution in [3.8, 4) is 0 Å². The minimum absolute atomic E-state index is 0.167. The molecule has 0 aliphatic carbocycles. The Morgan fingerprint density at radius 3 is 2.89 bits per heavy atom. The minimum atomic E-state index is -0.326. The minimum Gasteiger partial charge on any atom is -0.347 e. The summed E-state index contributed by atoms with van der Waals surface area (Å²) in [5.41, 5.74) is 1.77. The molecule has 2 nitrogen and oxygen atoms in total. The molecule has 0 radical (unpaired) electrons. The molecule has 1 aromatic heterocycles. The monoisotopic (exact) mass is 389 g/mol. The second kappa shape index (κ2) is 6.47. The molecule has 0 atom stereocenters. The standard InChI is InChI=1S/C14H13FINOS/c1-2-9-5-6-19-13(9)8-17-14(18)11-4-3-10(15)7-12(11)16/h3-7H,2,8H2,1H3,(H,17,18). The Labute approximate surface area is 129 Å². The van der Waals surface area contributed by atoms with Crippen molar-refractivity contribution in [2.45, 2.75) is 19.9 Å². The van der Waals surface area contributed by atoms with Gasteiger partial charge in [-0.1, -0.05) is 6.92 Å². The molecule has 1 N–H and O–H groups in total. The van der Waals surface area contributed by atoms with Gasteiger partial charge < -0.3 is 5.32 Å². The number of amides is 1. The summed E-state index contributed by atoms with van der Waals surface area (Å²) < 4.78 is 13.6. The van der Waals surface area contributed by atoms with Crippen LogP contribution in [0.5, 0.6) is 0 Å². The summed E-state index contributed by atoms with van der Waals surface area (Å²) in [4.78, 5) is 13.2. The molecule has 2 rings (SSSR count). The molecule has 1 heterocycles. The molecule has 0 saturated carbocycles. The van der Waals surface area contributed by atoms with Gasteiger partial charge in [0.1, 0.15) is 5.82 Å². The topological polar surface area (TPSA) is 29.1 Å². The van der Waals surface area contributed by atoms with Crippen molar-refractivity contribution in [1.82, 2.24) is 5.32 Å². The van der Waals surface area contributed by atoms with E-state index in [0.717, 1.165) is 6.42 Å². The van der Waals surface area contributed by atoms with E-state index in [4.69, 9.17) is 0 Å². The molecule has 0 aliphatic rings. The highest BCUT2D eigenvalue weighted by Gasteiger charge is 2.11. The van der Waals surface area contributed by atoms with Crippen LogP contribution in [0.25, 0.3) is 0 Å². The molecule has 0 fully saturated rings. The molecule has 100 valence electrons. The highest BCUT2D eigenvalue weighted by Crippen LogP contribution is 2.18. The lowest BCUT2D eigenvalue weighted by Gasteiger charge is -2.07. The molecule has 0 spiro atoms. The number of carbonyl (C=O) groups is 1. The Morgan fingerprint density at radius 2 is 2.21 bits per heavy atom. The fourth-order valence-electron chi connectivity index (χ4n) is 1.77. The van der Waals surface area contributed by atoms with Crippen molar-refractivity contribution in [2.24, 2.45) is 0 Å². The van der Waals surface area contributed by atoms with E-state index >= 15 is 0 Å². The van der Waals surface area contributed by atoms with Gasteiger partial charge in [0, 0.05) is 8.45 Å². The SMILES string of the molecule is CCc1ccsc1CNC(=O)c1ccc(F)cc1I. The smallest absolute Gasteiger partial charge is 0.252 e. The van der Waals surface area contributed by atoms with Crippen LogP contribution in [-0.4, -0.2) is 5.91 Å². The maximum atomic E-state index is 13.0. The summed E-state index contributed by atoms with van der Waals surface area (Å²) >= 11 is 3.61. The zero-order chi connectivity index (χ0) is 13.8. The fraction of sp³-hybridized carbons (Fsp3) is 0.214. The van der Waals surface area contributed by atoms with Crippen LogP contribution >= 0.6 is 33.9 Å². The first-order valence-corrected chi connectivity index (χ1v) is 7.86. The number of nitrogens with one attached hydrogen (secondary N) is 1. The number of thiophene rings is 1. The molecule has 1 aromatic carbocycles. The van der Waals surface area contributed by atoms with Crippen LogP contribution in [0.4, 0.5) is 4.39 Å². The molecule has 0 aliphatic heterocycles. The van der Waals surface area contributed by atoms with E-state index in [9.17, 15) is 9.18 Å². The highest BCUT2D eigenvalue weighted by atomic mass is 127. The van der Waals surface area contributed by atoms with Gasteiger partial charge in [0.05, 0.1) is 12.1 Å². The maximum Gasteiger partial charge on any atom is 0.252 e. The van der Waals surface area contributed by atoms with E-state index < -0.39 is 0 Å². The fourth-order valence-corrected chi connectivity index (χ4v) is 3.40. The third kappa shape index (κ3) is 3.54. The number of hydrogen-bond donors (Lipinski definition) is 1. The second-order valence-electron chi connectivity index (χ2n) is 4.03. The van der Waals surface area contributed by atoms with E-state index in [1.165, 1.54) is 28.6 Å². The molecular formula is C14H13FINOS. The summed E-state index contributed by atoms with van der Waals surface area (Å²) in [6.45, 7) is 2.61. The number of rotatable bonds is 4. The Hall–Kier alpha value is -0.950. The Morgan fingerprint density at radius 1 is 1.42 bits per heavy atom. The Bertz CT molecular complexity index is 597. The first kappa shape index (κ1) is 14.5. The molecule has 0 unspecified atom stereocenters. The van der Waals surface area contributed by atoms with Crippen molar-refractivity contribution in [2.75, 3.05) is 0 Å². The van der Waals surface area contributed by atoms with Crippen LogP contribution in [0, 0.1) is 9.39 Å². The molecule has 1 amide bonds. The normalized spacial score (nSPS) is 10.5. The van der Waals surface area contributed by atoms with Crippen LogP contribution in [0.3, 0.4) is 0 Å². The van der Waals surface area contributed by atoms with Gasteiger partial charge in [0.25, 0.3) is 5.91 Å². The van der Waals surface area contributed by atoms with Gasteiger partial charge >= 0.3 is 0 Å². The summed E-state index contributed by atoms with van der Waals surface area (Å²) in [5.74, 6) is -0.493. The molecule has 5 heteroatoms. The van der Waals surface area contributed by atoms with Crippen LogP contribution in [-0.2, 0) is 13.0 Å². The predicted octanol–water partition coefficient (Wildman–Crippen LogP) is 3.98. The van der Waals surface area contributed by atoms with Gasteiger partial charge in [0.2, 0.25) is 0 Å². The molecule has 0 saturated heterocycles. The van der Waals surface area contributed by atoms with Gasteiger partial charge in [-0.3, -0.25) is 4.79 Å². The maximum absolute atomic E-state index is 13.0. The van der Waals surface area contributed by atoms with Crippen LogP contribution in [0.2, 0.25) is 0 Å². The number of aryl methyl sites for hydroxylation is 1. The lowest BCUT2D eigenvalue weighted by atomic mass is 10.2. The van der Waals surface area contributed by atoms with E-state index in [0.29, 0.717) is 15.7 Å². The quantitative estimate of drug-likeness (QED) is 0.788. The summed E-state index contributed by atoms with van der Waals surface area (Å²) in [7, 11) is 0. The van der Waals surface area contributed by atoms with Crippen LogP contribution in [0.1, 0.15) is 27.7 Å². The van der Waals surface area contributed by atoms with Gasteiger partial charge in [0.15, 0.2) is 0 Å². The third-order valence-electron chi connectivity index (χ3n) is 2.80. The van der Waals surface area contributed by atoms with E-state index in [1.807, 2.05) is 28.0 Å². The van der Waals surface area contributed by atoms with Gasteiger partial charge in [-0.25, -0.2) is 4.39 Å². The Kier molecular flexibility index (Phi) is 4.93. The van der Waals surface area contributed by atoms with Crippen molar-refractivity contribution >= 4 is 39.8 Å². The summed E-state index contributed by atoms with van der Waals surface area (Å²) in [6.07, 6.45) is 0.961. The van der Waals surface area contributed by atoms with Crippen molar-refractivity contribution in [1.29, 1.82) is 0 Å². The Balaban J connectivity index is 2.05. The van der Waals surface area contributed by atoms with Crippen molar-refractivity contribution < 1.29 is 9.18 Å². The highest BCUT2D eigenvalue weighted by molar-refractivity contribution is 14.1. The third-order valence-corrected chi connectivity index (χ3v) is 4.66. The van der Waals surface area contributed by atoms with Crippen LogP contribution in [0.15, 0.2) is 29.6 Å². The molecular weight excluding hydrogens is 376 g/mol. The number of hydrogen-bond acceptors (Lipinski definition) is 2. The summed E-state index contributed by atoms with van der Waals surface area (Å²) in [5, 5.41) is 4.91. The van der Waals surface area contributed by atoms with Gasteiger partial charge in [-0.2, -0.15) is 0 Å². The average molecular weight is 389 g/mol. The van der Waals surface area contributed by atoms with E-state index in [-0.39, 0.29) is 11.7 Å². The van der Waals surface area contributed by atoms with Gasteiger partial charge in [-0.15, -0.1) is 11.3 Å². The number of carbonyl (C=O) groups excluding carboxylic acids is 1. The first-order valence-electron chi connectivity index (χ1n) is 5.90. The lowest BCUT2D eigenvalue weighted by molar-refractivity contribution is 0.0950. The average Bonchev–Trinajstić information content (AvgIpc) is 2.83. The van der Waals surface area contributed by atoms with Gasteiger partial charge in [-0.05, 0) is 64.2 Å². The number of benzene rings is 1. The largest absolute Gasteiger partial charge is 0.347 e. The predicted molar refractivity (Wildman–Crippen MR) is 84.0 cm³/mol. The first-order chi connectivity index (χ1) is 9.11.